The van der Waals surface area contributed by atoms with E-state index < -0.39 is 5.97 Å². The van der Waals surface area contributed by atoms with Crippen LogP contribution in [0.25, 0.3) is 0 Å². The quantitative estimate of drug-likeness (QED) is 0.902. The molecule has 1 aromatic rings. The standard InChI is InChI=1S/C16H20N2O3/c19-15(20)11-17-6-8-18(9-7-17)16(21)14-5-4-12-2-1-3-13(12)10-14/h4-5,10H,1-3,6-9,11H2,(H,19,20). The van der Waals surface area contributed by atoms with Crippen LogP contribution in [-0.2, 0) is 17.6 Å². The lowest BCUT2D eigenvalue weighted by molar-refractivity contribution is -0.138. The number of carboxylic acid groups (broad SMARTS) is 1. The van der Waals surface area contributed by atoms with Crippen molar-refractivity contribution in [1.29, 1.82) is 0 Å². The predicted molar refractivity (Wildman–Crippen MR) is 78.4 cm³/mol. The number of aliphatic carboxylic acids is 1. The van der Waals surface area contributed by atoms with Gasteiger partial charge < -0.3 is 10.0 Å². The Kier molecular flexibility index (Phi) is 3.92. The Labute approximate surface area is 124 Å². The van der Waals surface area contributed by atoms with Crippen LogP contribution in [0.3, 0.4) is 0 Å². The van der Waals surface area contributed by atoms with Gasteiger partial charge in [-0.2, -0.15) is 0 Å². The van der Waals surface area contributed by atoms with Crippen LogP contribution in [0, 0.1) is 0 Å². The van der Waals surface area contributed by atoms with Gasteiger partial charge in [-0.25, -0.2) is 0 Å². The number of rotatable bonds is 3. The molecule has 21 heavy (non-hydrogen) atoms. The molecule has 3 rings (SSSR count). The second-order valence-electron chi connectivity index (χ2n) is 5.80. The minimum absolute atomic E-state index is 0.0564. The third kappa shape index (κ3) is 3.08. The second-order valence-corrected chi connectivity index (χ2v) is 5.80. The van der Waals surface area contributed by atoms with E-state index in [0.29, 0.717) is 26.2 Å². The fraction of sp³-hybridized carbons (Fsp3) is 0.500. The summed E-state index contributed by atoms with van der Waals surface area (Å²) in [5.41, 5.74) is 3.45. The van der Waals surface area contributed by atoms with Gasteiger partial charge in [0, 0.05) is 31.7 Å². The molecule has 5 heteroatoms. The minimum Gasteiger partial charge on any atom is -0.480 e. The van der Waals surface area contributed by atoms with Gasteiger partial charge in [0.15, 0.2) is 0 Å². The normalized spacial score (nSPS) is 18.6. The number of benzene rings is 1. The van der Waals surface area contributed by atoms with Crippen molar-refractivity contribution >= 4 is 11.9 Å². The first-order valence-corrected chi connectivity index (χ1v) is 7.49. The maximum absolute atomic E-state index is 12.5. The molecule has 1 N–H and O–H groups in total. The highest BCUT2D eigenvalue weighted by atomic mass is 16.4. The van der Waals surface area contributed by atoms with Crippen LogP contribution in [-0.4, -0.2) is 59.5 Å². The largest absolute Gasteiger partial charge is 0.480 e. The molecule has 1 saturated heterocycles. The Balaban J connectivity index is 1.63. The first-order valence-electron chi connectivity index (χ1n) is 7.49. The molecule has 0 aromatic heterocycles. The number of nitrogens with zero attached hydrogens (tertiary/aromatic N) is 2. The second kappa shape index (κ2) is 5.85. The molecule has 0 spiro atoms. The van der Waals surface area contributed by atoms with E-state index in [9.17, 15) is 9.59 Å². The first kappa shape index (κ1) is 14.1. The number of carboxylic acids is 1. The minimum atomic E-state index is -0.812. The molecule has 1 heterocycles. The topological polar surface area (TPSA) is 60.9 Å². The van der Waals surface area contributed by atoms with Crippen LogP contribution in [0.5, 0.6) is 0 Å². The van der Waals surface area contributed by atoms with Gasteiger partial charge in [-0.1, -0.05) is 6.07 Å². The number of aryl methyl sites for hydroxylation is 2. The van der Waals surface area contributed by atoms with E-state index in [0.717, 1.165) is 18.4 Å². The summed E-state index contributed by atoms with van der Waals surface area (Å²) in [5.74, 6) is -0.743. The highest BCUT2D eigenvalue weighted by molar-refractivity contribution is 5.94. The summed E-state index contributed by atoms with van der Waals surface area (Å²) in [6.45, 7) is 2.51. The molecule has 0 bridgehead atoms. The van der Waals surface area contributed by atoms with E-state index in [-0.39, 0.29) is 12.5 Å². The van der Waals surface area contributed by atoms with E-state index in [1.807, 2.05) is 21.9 Å². The lowest BCUT2D eigenvalue weighted by Crippen LogP contribution is -2.49. The average Bonchev–Trinajstić information content (AvgIpc) is 2.94. The van der Waals surface area contributed by atoms with Crippen molar-refractivity contribution in [3.8, 4) is 0 Å². The van der Waals surface area contributed by atoms with Gasteiger partial charge in [0.1, 0.15) is 0 Å². The Morgan fingerprint density at radius 3 is 2.48 bits per heavy atom. The van der Waals surface area contributed by atoms with Gasteiger partial charge >= 0.3 is 5.97 Å². The van der Waals surface area contributed by atoms with Crippen LogP contribution >= 0.6 is 0 Å². The third-order valence-corrected chi connectivity index (χ3v) is 4.36. The van der Waals surface area contributed by atoms with Gasteiger partial charge in [0.05, 0.1) is 6.54 Å². The molecule has 1 fully saturated rings. The number of amides is 1. The van der Waals surface area contributed by atoms with Gasteiger partial charge in [-0.05, 0) is 42.5 Å². The van der Waals surface area contributed by atoms with E-state index in [1.54, 1.807) is 0 Å². The molecule has 2 aliphatic rings. The van der Waals surface area contributed by atoms with E-state index in [4.69, 9.17) is 5.11 Å². The lowest BCUT2D eigenvalue weighted by atomic mass is 10.1. The third-order valence-electron chi connectivity index (χ3n) is 4.36. The van der Waals surface area contributed by atoms with E-state index in [1.165, 1.54) is 17.5 Å². The van der Waals surface area contributed by atoms with Gasteiger partial charge in [-0.15, -0.1) is 0 Å². The lowest BCUT2D eigenvalue weighted by Gasteiger charge is -2.33. The number of hydrogen-bond donors (Lipinski definition) is 1. The molecule has 0 unspecified atom stereocenters. The van der Waals surface area contributed by atoms with Crippen LogP contribution in [0.4, 0.5) is 0 Å². The molecular formula is C16H20N2O3. The van der Waals surface area contributed by atoms with Gasteiger partial charge in [0.25, 0.3) is 5.91 Å². The van der Waals surface area contributed by atoms with Crippen molar-refractivity contribution in [3.63, 3.8) is 0 Å². The molecule has 112 valence electrons. The van der Waals surface area contributed by atoms with E-state index in [2.05, 4.69) is 6.07 Å². The number of carbonyl (C=O) groups is 2. The zero-order valence-electron chi connectivity index (χ0n) is 12.0. The van der Waals surface area contributed by atoms with Crippen molar-refractivity contribution in [1.82, 2.24) is 9.80 Å². The Morgan fingerprint density at radius 1 is 1.05 bits per heavy atom. The highest BCUT2D eigenvalue weighted by Gasteiger charge is 2.24. The molecule has 1 aliphatic carbocycles. The maximum atomic E-state index is 12.5. The zero-order valence-corrected chi connectivity index (χ0v) is 12.0. The van der Waals surface area contributed by atoms with Crippen molar-refractivity contribution < 1.29 is 14.7 Å². The smallest absolute Gasteiger partial charge is 0.317 e. The number of piperazine rings is 1. The first-order chi connectivity index (χ1) is 10.1. The SMILES string of the molecule is O=C(O)CN1CCN(C(=O)c2ccc3c(c2)CCC3)CC1. The van der Waals surface area contributed by atoms with Gasteiger partial charge in [0.2, 0.25) is 0 Å². The van der Waals surface area contributed by atoms with E-state index >= 15 is 0 Å². The molecule has 1 aromatic carbocycles. The maximum Gasteiger partial charge on any atom is 0.317 e. The van der Waals surface area contributed by atoms with Crippen LogP contribution < -0.4 is 0 Å². The van der Waals surface area contributed by atoms with Crippen LogP contribution in [0.2, 0.25) is 0 Å². The average molecular weight is 288 g/mol. The molecule has 1 amide bonds. The molecule has 1 aliphatic heterocycles. The van der Waals surface area contributed by atoms with Crippen LogP contribution in [0.15, 0.2) is 18.2 Å². The number of hydrogen-bond acceptors (Lipinski definition) is 3. The Bertz CT molecular complexity index is 563. The van der Waals surface area contributed by atoms with Crippen molar-refractivity contribution in [3.05, 3.63) is 34.9 Å². The summed E-state index contributed by atoms with van der Waals surface area (Å²) in [5, 5.41) is 8.79. The summed E-state index contributed by atoms with van der Waals surface area (Å²) in [6.07, 6.45) is 3.38. The monoisotopic (exact) mass is 288 g/mol. The molecule has 0 radical (unpaired) electrons. The Hall–Kier alpha value is -1.88. The number of carbonyl (C=O) groups excluding carboxylic acids is 1. The summed E-state index contributed by atoms with van der Waals surface area (Å²) in [6, 6.07) is 6.04. The summed E-state index contributed by atoms with van der Waals surface area (Å²) in [7, 11) is 0. The summed E-state index contributed by atoms with van der Waals surface area (Å²) in [4.78, 5) is 26.9. The van der Waals surface area contributed by atoms with Gasteiger partial charge in [-0.3, -0.25) is 14.5 Å². The summed E-state index contributed by atoms with van der Waals surface area (Å²) >= 11 is 0. The van der Waals surface area contributed by atoms with Crippen LogP contribution in [0.1, 0.15) is 27.9 Å². The number of fused-ring (bicyclic) bond motifs is 1. The van der Waals surface area contributed by atoms with Crippen molar-refractivity contribution in [2.24, 2.45) is 0 Å². The van der Waals surface area contributed by atoms with Crippen molar-refractivity contribution in [2.75, 3.05) is 32.7 Å². The molecule has 5 nitrogen and oxygen atoms in total. The molecule has 0 atom stereocenters. The predicted octanol–water partition coefficient (Wildman–Crippen LogP) is 1.02. The Morgan fingerprint density at radius 2 is 1.76 bits per heavy atom. The fourth-order valence-corrected chi connectivity index (χ4v) is 3.19. The highest BCUT2D eigenvalue weighted by Crippen LogP contribution is 2.23. The summed E-state index contributed by atoms with van der Waals surface area (Å²) < 4.78 is 0. The van der Waals surface area contributed by atoms with Crippen molar-refractivity contribution in [2.45, 2.75) is 19.3 Å². The molecular weight excluding hydrogens is 268 g/mol. The fourth-order valence-electron chi connectivity index (χ4n) is 3.19. The molecule has 0 saturated carbocycles. The zero-order chi connectivity index (χ0) is 14.8.